The summed E-state index contributed by atoms with van der Waals surface area (Å²) in [6, 6.07) is 0.654. The van der Waals surface area contributed by atoms with E-state index in [-0.39, 0.29) is 6.04 Å². The Hall–Kier alpha value is -0.0900. The highest BCUT2D eigenvalue weighted by atomic mass is 32.2. The predicted octanol–water partition coefficient (Wildman–Crippen LogP) is 1.73. The van der Waals surface area contributed by atoms with Gasteiger partial charge in [-0.1, -0.05) is 26.2 Å². The van der Waals surface area contributed by atoms with Crippen molar-refractivity contribution in [3.63, 3.8) is 0 Å². The minimum Gasteiger partial charge on any atom is -0.310 e. The molecule has 1 aliphatic heterocycles. The van der Waals surface area contributed by atoms with Gasteiger partial charge in [-0.2, -0.15) is 0 Å². The third-order valence-electron chi connectivity index (χ3n) is 2.99. The first-order chi connectivity index (χ1) is 7.03. The Bertz CT molecular complexity index is 274. The van der Waals surface area contributed by atoms with Gasteiger partial charge in [0.25, 0.3) is 0 Å². The molecule has 1 N–H and O–H groups in total. The largest absolute Gasteiger partial charge is 0.310 e. The maximum absolute atomic E-state index is 11.2. The van der Waals surface area contributed by atoms with Crippen LogP contribution in [-0.2, 0) is 9.84 Å². The van der Waals surface area contributed by atoms with Crippen LogP contribution in [0.15, 0.2) is 0 Å². The highest BCUT2D eigenvalue weighted by Gasteiger charge is 2.28. The lowest BCUT2D eigenvalue weighted by Crippen LogP contribution is -2.37. The first-order valence-electron chi connectivity index (χ1n) is 6.00. The normalized spacial score (nSPS) is 26.7. The lowest BCUT2D eigenvalue weighted by Gasteiger charge is -2.18. The molecule has 1 rings (SSSR count). The summed E-state index contributed by atoms with van der Waals surface area (Å²) in [6.45, 7) is 4.35. The van der Waals surface area contributed by atoms with Crippen LogP contribution >= 0.6 is 0 Å². The number of rotatable bonds is 6. The maximum atomic E-state index is 11.2. The van der Waals surface area contributed by atoms with E-state index < -0.39 is 9.84 Å². The molecule has 4 heteroatoms. The minimum absolute atomic E-state index is 0.201. The summed E-state index contributed by atoms with van der Waals surface area (Å²) in [7, 11) is -2.73. The molecule has 0 aromatic heterocycles. The van der Waals surface area contributed by atoms with Crippen molar-refractivity contribution in [1.29, 1.82) is 0 Å². The van der Waals surface area contributed by atoms with Crippen LogP contribution in [0.4, 0.5) is 0 Å². The fourth-order valence-corrected chi connectivity index (χ4v) is 3.80. The Labute approximate surface area is 93.6 Å². The van der Waals surface area contributed by atoms with Crippen molar-refractivity contribution in [2.24, 2.45) is 0 Å². The molecule has 1 heterocycles. The van der Waals surface area contributed by atoms with Crippen molar-refractivity contribution in [3.8, 4) is 0 Å². The zero-order valence-electron chi connectivity index (χ0n) is 9.83. The lowest BCUT2D eigenvalue weighted by molar-refractivity contribution is 0.435. The molecule has 1 aliphatic rings. The van der Waals surface area contributed by atoms with Crippen LogP contribution in [0.1, 0.15) is 46.0 Å². The molecule has 0 bridgehead atoms. The molecule has 0 amide bonds. The second-order valence-corrected chi connectivity index (χ2v) is 6.89. The van der Waals surface area contributed by atoms with Crippen molar-refractivity contribution in [2.45, 2.75) is 58.0 Å². The fourth-order valence-electron chi connectivity index (χ4n) is 2.11. The summed E-state index contributed by atoms with van der Waals surface area (Å²) in [5.74, 6) is 0.706. The standard InChI is InChI=1S/C11H23NO2S/c1-3-4-5-6-10(2)12-11-7-8-15(13,14)9-11/h10-12H,3-9H2,1-2H3/t10-,11-/m1/s1. The molecule has 0 aromatic rings. The molecule has 1 saturated heterocycles. The fraction of sp³-hybridized carbons (Fsp3) is 1.00. The van der Waals surface area contributed by atoms with E-state index in [1.165, 1.54) is 19.3 Å². The molecule has 0 unspecified atom stereocenters. The molecular formula is C11H23NO2S. The van der Waals surface area contributed by atoms with Crippen LogP contribution in [-0.4, -0.2) is 32.0 Å². The van der Waals surface area contributed by atoms with Crippen molar-refractivity contribution < 1.29 is 8.42 Å². The smallest absolute Gasteiger partial charge is 0.151 e. The second-order valence-electron chi connectivity index (χ2n) is 4.66. The van der Waals surface area contributed by atoms with Gasteiger partial charge in [-0.05, 0) is 19.8 Å². The van der Waals surface area contributed by atoms with Crippen LogP contribution in [0.3, 0.4) is 0 Å². The molecule has 90 valence electrons. The third-order valence-corrected chi connectivity index (χ3v) is 4.76. The molecule has 0 aliphatic carbocycles. The molecule has 3 nitrogen and oxygen atoms in total. The predicted molar refractivity (Wildman–Crippen MR) is 63.8 cm³/mol. The van der Waals surface area contributed by atoms with E-state index in [0.717, 1.165) is 12.8 Å². The molecule has 0 aromatic carbocycles. The topological polar surface area (TPSA) is 46.2 Å². The van der Waals surface area contributed by atoms with Gasteiger partial charge in [0.2, 0.25) is 0 Å². The lowest BCUT2D eigenvalue weighted by atomic mass is 10.1. The Morgan fingerprint density at radius 3 is 2.67 bits per heavy atom. The molecule has 15 heavy (non-hydrogen) atoms. The Balaban J connectivity index is 2.19. The van der Waals surface area contributed by atoms with E-state index in [0.29, 0.717) is 17.5 Å². The van der Waals surface area contributed by atoms with Crippen LogP contribution in [0.5, 0.6) is 0 Å². The van der Waals surface area contributed by atoms with E-state index in [9.17, 15) is 8.42 Å². The van der Waals surface area contributed by atoms with Crippen LogP contribution in [0.25, 0.3) is 0 Å². The van der Waals surface area contributed by atoms with Gasteiger partial charge < -0.3 is 5.32 Å². The van der Waals surface area contributed by atoms with Crippen LogP contribution < -0.4 is 5.32 Å². The summed E-state index contributed by atoms with van der Waals surface area (Å²) in [6.07, 6.45) is 5.70. The van der Waals surface area contributed by atoms with Crippen LogP contribution in [0, 0.1) is 0 Å². The summed E-state index contributed by atoms with van der Waals surface area (Å²) in [5, 5.41) is 3.41. The van der Waals surface area contributed by atoms with Gasteiger partial charge in [0.15, 0.2) is 9.84 Å². The Morgan fingerprint density at radius 2 is 2.13 bits per heavy atom. The van der Waals surface area contributed by atoms with Crippen molar-refractivity contribution >= 4 is 9.84 Å². The van der Waals surface area contributed by atoms with Gasteiger partial charge in [0.1, 0.15) is 0 Å². The van der Waals surface area contributed by atoms with Gasteiger partial charge in [-0.3, -0.25) is 0 Å². The van der Waals surface area contributed by atoms with Gasteiger partial charge in [-0.25, -0.2) is 8.42 Å². The van der Waals surface area contributed by atoms with E-state index >= 15 is 0 Å². The Kier molecular flexibility index (Phi) is 5.06. The number of nitrogens with one attached hydrogen (secondary N) is 1. The number of hydrogen-bond donors (Lipinski definition) is 1. The highest BCUT2D eigenvalue weighted by molar-refractivity contribution is 7.91. The van der Waals surface area contributed by atoms with E-state index in [1.54, 1.807) is 0 Å². The van der Waals surface area contributed by atoms with Crippen molar-refractivity contribution in [3.05, 3.63) is 0 Å². The average Bonchev–Trinajstić information content (AvgIpc) is 2.46. The van der Waals surface area contributed by atoms with Gasteiger partial charge in [-0.15, -0.1) is 0 Å². The first-order valence-corrected chi connectivity index (χ1v) is 7.82. The van der Waals surface area contributed by atoms with Crippen molar-refractivity contribution in [2.75, 3.05) is 11.5 Å². The molecular weight excluding hydrogens is 210 g/mol. The molecule has 0 radical (unpaired) electrons. The monoisotopic (exact) mass is 233 g/mol. The number of unbranched alkanes of at least 4 members (excludes halogenated alkanes) is 2. The summed E-state index contributed by atoms with van der Waals surface area (Å²) in [4.78, 5) is 0. The zero-order chi connectivity index (χ0) is 11.3. The van der Waals surface area contributed by atoms with Gasteiger partial charge in [0, 0.05) is 12.1 Å². The Morgan fingerprint density at radius 1 is 1.40 bits per heavy atom. The van der Waals surface area contributed by atoms with Crippen LogP contribution in [0.2, 0.25) is 0 Å². The average molecular weight is 233 g/mol. The molecule has 0 spiro atoms. The first kappa shape index (κ1) is 13.0. The van der Waals surface area contributed by atoms with Gasteiger partial charge in [0.05, 0.1) is 11.5 Å². The van der Waals surface area contributed by atoms with E-state index in [2.05, 4.69) is 19.2 Å². The zero-order valence-corrected chi connectivity index (χ0v) is 10.6. The molecule has 2 atom stereocenters. The summed E-state index contributed by atoms with van der Waals surface area (Å²) >= 11 is 0. The third kappa shape index (κ3) is 4.98. The summed E-state index contributed by atoms with van der Waals surface area (Å²) < 4.78 is 22.5. The second kappa shape index (κ2) is 5.85. The van der Waals surface area contributed by atoms with Gasteiger partial charge >= 0.3 is 0 Å². The maximum Gasteiger partial charge on any atom is 0.151 e. The highest BCUT2D eigenvalue weighted by Crippen LogP contribution is 2.13. The van der Waals surface area contributed by atoms with E-state index in [4.69, 9.17) is 0 Å². The summed E-state index contributed by atoms with van der Waals surface area (Å²) in [5.41, 5.74) is 0. The quantitative estimate of drug-likeness (QED) is 0.711. The molecule has 0 saturated carbocycles. The van der Waals surface area contributed by atoms with Crippen molar-refractivity contribution in [1.82, 2.24) is 5.32 Å². The number of hydrogen-bond acceptors (Lipinski definition) is 3. The number of sulfone groups is 1. The van der Waals surface area contributed by atoms with E-state index in [1.807, 2.05) is 0 Å². The molecule has 1 fully saturated rings. The minimum atomic E-state index is -2.73. The SMILES string of the molecule is CCCCC[C@@H](C)N[C@@H]1CCS(=O)(=O)C1.